The SMILES string of the molecule is COc1cccc2c1C1(CCC2C(=O)O)CC1. The Morgan fingerprint density at radius 3 is 2.76 bits per heavy atom. The van der Waals surface area contributed by atoms with Gasteiger partial charge in [-0.3, -0.25) is 4.79 Å². The van der Waals surface area contributed by atoms with E-state index in [-0.39, 0.29) is 11.3 Å². The highest BCUT2D eigenvalue weighted by Crippen LogP contribution is 2.60. The van der Waals surface area contributed by atoms with Gasteiger partial charge in [-0.1, -0.05) is 12.1 Å². The third-order valence-corrected chi connectivity index (χ3v) is 4.25. The molecule has 17 heavy (non-hydrogen) atoms. The van der Waals surface area contributed by atoms with Gasteiger partial charge in [0.1, 0.15) is 5.75 Å². The number of carbonyl (C=O) groups is 1. The molecule has 0 bridgehead atoms. The van der Waals surface area contributed by atoms with Crippen LogP contribution in [0.15, 0.2) is 18.2 Å². The summed E-state index contributed by atoms with van der Waals surface area (Å²) in [6.07, 6.45) is 4.09. The van der Waals surface area contributed by atoms with Crippen LogP contribution in [-0.4, -0.2) is 18.2 Å². The molecule has 0 aliphatic heterocycles. The van der Waals surface area contributed by atoms with Crippen molar-refractivity contribution >= 4 is 5.97 Å². The second-order valence-corrected chi connectivity index (χ2v) is 5.13. The highest BCUT2D eigenvalue weighted by molar-refractivity contribution is 5.78. The van der Waals surface area contributed by atoms with E-state index >= 15 is 0 Å². The summed E-state index contributed by atoms with van der Waals surface area (Å²) in [5.41, 5.74) is 2.37. The molecule has 1 aromatic carbocycles. The normalized spacial score (nSPS) is 24.2. The van der Waals surface area contributed by atoms with Crippen molar-refractivity contribution in [1.29, 1.82) is 0 Å². The standard InChI is InChI=1S/C14H16O3/c1-17-11-4-2-3-9-10(13(15)16)5-6-14(7-8-14)12(9)11/h2-4,10H,5-8H2,1H3,(H,15,16). The first-order chi connectivity index (χ1) is 8.18. The van der Waals surface area contributed by atoms with Gasteiger partial charge in [-0.2, -0.15) is 0 Å². The van der Waals surface area contributed by atoms with Gasteiger partial charge in [-0.05, 0) is 42.7 Å². The van der Waals surface area contributed by atoms with Crippen molar-refractivity contribution in [1.82, 2.24) is 0 Å². The first-order valence-electron chi connectivity index (χ1n) is 6.08. The number of hydrogen-bond acceptors (Lipinski definition) is 2. The summed E-state index contributed by atoms with van der Waals surface area (Å²) >= 11 is 0. The average molecular weight is 232 g/mol. The van der Waals surface area contributed by atoms with E-state index in [1.807, 2.05) is 18.2 Å². The van der Waals surface area contributed by atoms with Crippen LogP contribution < -0.4 is 4.74 Å². The number of carboxylic acids is 1. The molecule has 2 aliphatic carbocycles. The van der Waals surface area contributed by atoms with Crippen molar-refractivity contribution in [3.8, 4) is 5.75 Å². The topological polar surface area (TPSA) is 46.5 Å². The summed E-state index contributed by atoms with van der Waals surface area (Å²) in [4.78, 5) is 11.3. The highest BCUT2D eigenvalue weighted by atomic mass is 16.5. The molecule has 3 rings (SSSR count). The molecule has 90 valence electrons. The van der Waals surface area contributed by atoms with Crippen LogP contribution >= 0.6 is 0 Å². The summed E-state index contributed by atoms with van der Waals surface area (Å²) in [5.74, 6) is -0.202. The number of ether oxygens (including phenoxy) is 1. The van der Waals surface area contributed by atoms with Crippen molar-refractivity contribution < 1.29 is 14.6 Å². The Morgan fingerprint density at radius 1 is 1.41 bits per heavy atom. The number of aliphatic carboxylic acids is 1. The largest absolute Gasteiger partial charge is 0.496 e. The van der Waals surface area contributed by atoms with Gasteiger partial charge in [0.25, 0.3) is 0 Å². The molecule has 1 N–H and O–H groups in total. The predicted molar refractivity (Wildman–Crippen MR) is 63.5 cm³/mol. The molecule has 1 saturated carbocycles. The Balaban J connectivity index is 2.17. The summed E-state index contributed by atoms with van der Waals surface area (Å²) in [6.45, 7) is 0. The van der Waals surface area contributed by atoms with Crippen LogP contribution in [0.3, 0.4) is 0 Å². The van der Waals surface area contributed by atoms with Gasteiger partial charge < -0.3 is 9.84 Å². The lowest BCUT2D eigenvalue weighted by Crippen LogP contribution is -2.25. The molecule has 0 radical (unpaired) electrons. The van der Waals surface area contributed by atoms with Crippen molar-refractivity contribution in [3.63, 3.8) is 0 Å². The van der Waals surface area contributed by atoms with Gasteiger partial charge in [-0.25, -0.2) is 0 Å². The molecule has 1 fully saturated rings. The first kappa shape index (κ1) is 10.6. The van der Waals surface area contributed by atoms with Crippen molar-refractivity contribution in [2.24, 2.45) is 0 Å². The number of carboxylic acid groups (broad SMARTS) is 1. The van der Waals surface area contributed by atoms with Crippen molar-refractivity contribution in [2.45, 2.75) is 37.0 Å². The fraction of sp³-hybridized carbons (Fsp3) is 0.500. The third kappa shape index (κ3) is 1.45. The van der Waals surface area contributed by atoms with Crippen molar-refractivity contribution in [2.75, 3.05) is 7.11 Å². The minimum atomic E-state index is -0.713. The zero-order chi connectivity index (χ0) is 12.0. The van der Waals surface area contributed by atoms with Crippen molar-refractivity contribution in [3.05, 3.63) is 29.3 Å². The number of benzene rings is 1. The molecule has 2 aliphatic rings. The second kappa shape index (κ2) is 3.49. The van der Waals surface area contributed by atoms with Crippen LogP contribution in [0, 0.1) is 0 Å². The smallest absolute Gasteiger partial charge is 0.310 e. The van der Waals surface area contributed by atoms with Crippen LogP contribution in [0.1, 0.15) is 42.7 Å². The van der Waals surface area contributed by atoms with Gasteiger partial charge >= 0.3 is 5.97 Å². The molecule has 1 aromatic rings. The molecule has 0 aromatic heterocycles. The fourth-order valence-electron chi connectivity index (χ4n) is 3.18. The highest BCUT2D eigenvalue weighted by Gasteiger charge is 2.51. The molecule has 3 heteroatoms. The van der Waals surface area contributed by atoms with Crippen LogP contribution in [-0.2, 0) is 10.2 Å². The van der Waals surface area contributed by atoms with Gasteiger partial charge in [0.2, 0.25) is 0 Å². The van der Waals surface area contributed by atoms with E-state index in [0.717, 1.165) is 24.2 Å². The van der Waals surface area contributed by atoms with Gasteiger partial charge in [0.15, 0.2) is 0 Å². The molecule has 0 amide bonds. The minimum Gasteiger partial charge on any atom is -0.496 e. The maximum Gasteiger partial charge on any atom is 0.310 e. The predicted octanol–water partition coefficient (Wildman–Crippen LogP) is 2.69. The van der Waals surface area contributed by atoms with E-state index in [9.17, 15) is 9.90 Å². The summed E-state index contributed by atoms with van der Waals surface area (Å²) in [6, 6.07) is 5.80. The van der Waals surface area contributed by atoms with Crippen LogP contribution in [0.25, 0.3) is 0 Å². The van der Waals surface area contributed by atoms with E-state index in [1.54, 1.807) is 7.11 Å². The lowest BCUT2D eigenvalue weighted by atomic mass is 9.74. The molecule has 0 saturated heterocycles. The van der Waals surface area contributed by atoms with E-state index in [0.29, 0.717) is 0 Å². The number of rotatable bonds is 2. The Kier molecular flexibility index (Phi) is 2.18. The van der Waals surface area contributed by atoms with E-state index in [1.165, 1.54) is 18.4 Å². The molecular formula is C14H16O3. The summed E-state index contributed by atoms with van der Waals surface area (Å²) in [5, 5.41) is 9.30. The maximum absolute atomic E-state index is 11.3. The summed E-state index contributed by atoms with van der Waals surface area (Å²) < 4.78 is 5.42. The van der Waals surface area contributed by atoms with E-state index in [4.69, 9.17) is 4.74 Å². The zero-order valence-electron chi connectivity index (χ0n) is 9.90. The Morgan fingerprint density at radius 2 is 2.18 bits per heavy atom. The van der Waals surface area contributed by atoms with Crippen LogP contribution in [0.4, 0.5) is 0 Å². The third-order valence-electron chi connectivity index (χ3n) is 4.25. The number of hydrogen-bond donors (Lipinski definition) is 1. The molecule has 1 atom stereocenters. The van der Waals surface area contributed by atoms with Crippen LogP contribution in [0.5, 0.6) is 5.75 Å². The summed E-state index contributed by atoms with van der Waals surface area (Å²) in [7, 11) is 1.66. The Bertz CT molecular complexity index is 474. The van der Waals surface area contributed by atoms with Gasteiger partial charge in [0, 0.05) is 5.56 Å². The van der Waals surface area contributed by atoms with Gasteiger partial charge in [-0.15, -0.1) is 0 Å². The lowest BCUT2D eigenvalue weighted by Gasteiger charge is -2.31. The van der Waals surface area contributed by atoms with Crippen LogP contribution in [0.2, 0.25) is 0 Å². The van der Waals surface area contributed by atoms with Gasteiger partial charge in [0.05, 0.1) is 13.0 Å². The fourth-order valence-corrected chi connectivity index (χ4v) is 3.18. The zero-order valence-corrected chi connectivity index (χ0v) is 9.90. The van der Waals surface area contributed by atoms with E-state index in [2.05, 4.69) is 0 Å². The van der Waals surface area contributed by atoms with E-state index < -0.39 is 5.97 Å². The molecule has 3 nitrogen and oxygen atoms in total. The first-order valence-corrected chi connectivity index (χ1v) is 6.08. The number of fused-ring (bicyclic) bond motifs is 2. The monoisotopic (exact) mass is 232 g/mol. The minimum absolute atomic E-state index is 0.230. The molecule has 0 heterocycles. The Labute approximate surface area is 100 Å². The quantitative estimate of drug-likeness (QED) is 0.852. The molecule has 1 unspecified atom stereocenters. The second-order valence-electron chi connectivity index (χ2n) is 5.13. The lowest BCUT2D eigenvalue weighted by molar-refractivity contribution is -0.139. The number of methoxy groups -OCH3 is 1. The molecule has 1 spiro atoms. The molecular weight excluding hydrogens is 216 g/mol. The Hall–Kier alpha value is -1.51. The average Bonchev–Trinajstić information content (AvgIpc) is 3.09. The maximum atomic E-state index is 11.3.